The zero-order valence-corrected chi connectivity index (χ0v) is 17.7. The third-order valence-electron chi connectivity index (χ3n) is 6.06. The first kappa shape index (κ1) is 19.8. The van der Waals surface area contributed by atoms with Crippen LogP contribution >= 0.6 is 0 Å². The molecule has 1 aliphatic rings. The minimum atomic E-state index is 0.121. The van der Waals surface area contributed by atoms with Gasteiger partial charge in [0.05, 0.1) is 23.9 Å². The fourth-order valence-electron chi connectivity index (χ4n) is 4.28. The number of hydrogen-bond acceptors (Lipinski definition) is 6. The molecule has 1 aliphatic heterocycles. The molecular weight excluding hydrogens is 404 g/mol. The summed E-state index contributed by atoms with van der Waals surface area (Å²) in [5.74, 6) is 1.06. The van der Waals surface area contributed by atoms with Crippen molar-refractivity contribution in [1.82, 2.24) is 19.7 Å². The number of nitrogens with zero attached hydrogens (tertiary/aromatic N) is 5. The molecular formula is C24H22N6O2. The molecule has 0 bridgehead atoms. The quantitative estimate of drug-likeness (QED) is 0.530. The highest BCUT2D eigenvalue weighted by Gasteiger charge is 2.23. The molecule has 0 saturated carbocycles. The van der Waals surface area contributed by atoms with Crippen molar-refractivity contribution in [2.75, 3.05) is 18.8 Å². The summed E-state index contributed by atoms with van der Waals surface area (Å²) in [7, 11) is 0. The summed E-state index contributed by atoms with van der Waals surface area (Å²) >= 11 is 0. The Bertz CT molecular complexity index is 1350. The maximum absolute atomic E-state index is 11.6. The average molecular weight is 426 g/mol. The van der Waals surface area contributed by atoms with Gasteiger partial charge in [0.15, 0.2) is 11.4 Å². The second-order valence-corrected chi connectivity index (χ2v) is 8.05. The zero-order chi connectivity index (χ0) is 22.2. The van der Waals surface area contributed by atoms with Crippen LogP contribution in [0.1, 0.15) is 31.4 Å². The SMILES string of the molecule is CC(=O)N1CCC(n2cc(-c3cnc(N)c4oc(-c5cccc(C#N)c5)cc34)cn2)CC1. The molecule has 160 valence electrons. The van der Waals surface area contributed by atoms with Gasteiger partial charge in [-0.15, -0.1) is 0 Å². The van der Waals surface area contributed by atoms with Gasteiger partial charge < -0.3 is 15.1 Å². The number of carbonyl (C=O) groups excluding carboxylic acids is 1. The number of rotatable bonds is 3. The van der Waals surface area contributed by atoms with E-state index in [4.69, 9.17) is 10.2 Å². The Morgan fingerprint density at radius 2 is 2.03 bits per heavy atom. The van der Waals surface area contributed by atoms with E-state index in [0.717, 1.165) is 48.0 Å². The number of likely N-dealkylation sites (tertiary alicyclic amines) is 1. The first-order valence-corrected chi connectivity index (χ1v) is 10.5. The predicted octanol–water partition coefficient (Wildman–Crippen LogP) is 4.00. The van der Waals surface area contributed by atoms with Crippen molar-refractivity contribution in [3.8, 4) is 28.5 Å². The van der Waals surface area contributed by atoms with E-state index in [0.29, 0.717) is 22.7 Å². The lowest BCUT2D eigenvalue weighted by Gasteiger charge is -2.31. The lowest BCUT2D eigenvalue weighted by molar-refractivity contribution is -0.130. The lowest BCUT2D eigenvalue weighted by Crippen LogP contribution is -2.37. The standard InChI is InChI=1S/C24H22N6O2/c1-15(31)29-7-5-19(6-8-29)30-14-18(12-28-30)21-13-27-24(26)23-20(21)10-22(32-23)17-4-2-3-16(9-17)11-25/h2-4,9-10,12-14,19H,5-8H2,1H3,(H2,26,27). The number of pyridine rings is 1. The molecule has 8 heteroatoms. The minimum absolute atomic E-state index is 0.121. The summed E-state index contributed by atoms with van der Waals surface area (Å²) in [6.07, 6.45) is 7.33. The van der Waals surface area contributed by atoms with Crippen LogP contribution in [-0.2, 0) is 4.79 Å². The molecule has 2 N–H and O–H groups in total. The van der Waals surface area contributed by atoms with Crippen molar-refractivity contribution in [3.05, 3.63) is 54.5 Å². The van der Waals surface area contributed by atoms with Crippen LogP contribution < -0.4 is 5.73 Å². The number of anilines is 1. The molecule has 0 radical (unpaired) electrons. The number of fused-ring (bicyclic) bond motifs is 1. The summed E-state index contributed by atoms with van der Waals surface area (Å²) in [5.41, 5.74) is 9.79. The second kappa shape index (κ2) is 7.85. The number of hydrogen-bond donors (Lipinski definition) is 1. The molecule has 4 aromatic rings. The zero-order valence-electron chi connectivity index (χ0n) is 17.7. The van der Waals surface area contributed by atoms with Gasteiger partial charge in [0.1, 0.15) is 5.76 Å². The third-order valence-corrected chi connectivity index (χ3v) is 6.06. The van der Waals surface area contributed by atoms with E-state index in [1.54, 1.807) is 25.3 Å². The summed E-state index contributed by atoms with van der Waals surface area (Å²) < 4.78 is 8.02. The molecule has 1 amide bonds. The van der Waals surface area contributed by atoms with Crippen LogP contribution in [0, 0.1) is 11.3 Å². The van der Waals surface area contributed by atoms with Crippen LogP contribution in [0.2, 0.25) is 0 Å². The third kappa shape index (κ3) is 3.48. The monoisotopic (exact) mass is 426 g/mol. The number of nitrogens with two attached hydrogens (primary N) is 1. The van der Waals surface area contributed by atoms with E-state index in [-0.39, 0.29) is 11.9 Å². The van der Waals surface area contributed by atoms with Gasteiger partial charge >= 0.3 is 0 Å². The van der Waals surface area contributed by atoms with E-state index in [2.05, 4.69) is 16.2 Å². The highest BCUT2D eigenvalue weighted by molar-refractivity contribution is 6.00. The highest BCUT2D eigenvalue weighted by atomic mass is 16.3. The molecule has 0 spiro atoms. The van der Waals surface area contributed by atoms with Gasteiger partial charge in [-0.2, -0.15) is 10.4 Å². The number of amides is 1. The molecule has 1 aromatic carbocycles. The fraction of sp³-hybridized carbons (Fsp3) is 0.250. The fourth-order valence-corrected chi connectivity index (χ4v) is 4.28. The molecule has 0 atom stereocenters. The molecule has 4 heterocycles. The van der Waals surface area contributed by atoms with Crippen molar-refractivity contribution in [2.24, 2.45) is 0 Å². The van der Waals surface area contributed by atoms with Crippen molar-refractivity contribution in [3.63, 3.8) is 0 Å². The summed E-state index contributed by atoms with van der Waals surface area (Å²) in [6.45, 7) is 3.10. The number of benzene rings is 1. The maximum atomic E-state index is 11.6. The Kier molecular flexibility index (Phi) is 4.86. The smallest absolute Gasteiger partial charge is 0.219 e. The molecule has 0 aliphatic carbocycles. The molecule has 3 aromatic heterocycles. The van der Waals surface area contributed by atoms with Crippen molar-refractivity contribution >= 4 is 22.7 Å². The predicted molar refractivity (Wildman–Crippen MR) is 120 cm³/mol. The Labute approximate surface area is 184 Å². The van der Waals surface area contributed by atoms with Gasteiger partial charge in [-0.1, -0.05) is 12.1 Å². The number of carbonyl (C=O) groups is 1. The van der Waals surface area contributed by atoms with E-state index in [1.165, 1.54) is 0 Å². The van der Waals surface area contributed by atoms with Crippen molar-refractivity contribution < 1.29 is 9.21 Å². The molecule has 8 nitrogen and oxygen atoms in total. The Balaban J connectivity index is 1.49. The Hall–Kier alpha value is -4.12. The van der Waals surface area contributed by atoms with E-state index in [1.807, 2.05) is 40.2 Å². The van der Waals surface area contributed by atoms with Crippen molar-refractivity contribution in [2.45, 2.75) is 25.8 Å². The van der Waals surface area contributed by atoms with Crippen LogP contribution in [0.25, 0.3) is 33.4 Å². The number of nitriles is 1. The normalized spacial score (nSPS) is 14.6. The molecule has 32 heavy (non-hydrogen) atoms. The topological polar surface area (TPSA) is 114 Å². The summed E-state index contributed by atoms with van der Waals surface area (Å²) in [4.78, 5) is 17.8. The van der Waals surface area contributed by atoms with Gasteiger partial charge in [0.25, 0.3) is 0 Å². The maximum Gasteiger partial charge on any atom is 0.219 e. The Morgan fingerprint density at radius 1 is 1.22 bits per heavy atom. The van der Waals surface area contributed by atoms with E-state index in [9.17, 15) is 10.1 Å². The number of nitrogen functional groups attached to an aromatic ring is 1. The van der Waals surface area contributed by atoms with Crippen LogP contribution in [0.15, 0.2) is 53.3 Å². The van der Waals surface area contributed by atoms with Gasteiger partial charge in [0, 0.05) is 54.5 Å². The van der Waals surface area contributed by atoms with Gasteiger partial charge in [-0.25, -0.2) is 4.98 Å². The summed E-state index contributed by atoms with van der Waals surface area (Å²) in [5, 5.41) is 14.6. The van der Waals surface area contributed by atoms with Crippen LogP contribution in [-0.4, -0.2) is 38.7 Å². The van der Waals surface area contributed by atoms with Gasteiger partial charge in [-0.3, -0.25) is 9.48 Å². The van der Waals surface area contributed by atoms with Crippen molar-refractivity contribution in [1.29, 1.82) is 5.26 Å². The molecule has 0 unspecified atom stereocenters. The lowest BCUT2D eigenvalue weighted by atomic mass is 10.0. The van der Waals surface area contributed by atoms with Crippen LogP contribution in [0.5, 0.6) is 0 Å². The molecule has 5 rings (SSSR count). The van der Waals surface area contributed by atoms with E-state index >= 15 is 0 Å². The molecule has 1 fully saturated rings. The Morgan fingerprint density at radius 3 is 2.78 bits per heavy atom. The number of piperidine rings is 1. The largest absolute Gasteiger partial charge is 0.452 e. The van der Waals surface area contributed by atoms with Gasteiger partial charge in [0.2, 0.25) is 5.91 Å². The first-order valence-electron chi connectivity index (χ1n) is 10.5. The first-order chi connectivity index (χ1) is 15.5. The number of furan rings is 1. The highest BCUT2D eigenvalue weighted by Crippen LogP contribution is 2.37. The summed E-state index contributed by atoms with van der Waals surface area (Å²) in [6, 6.07) is 11.6. The average Bonchev–Trinajstić information content (AvgIpc) is 3.48. The van der Waals surface area contributed by atoms with Gasteiger partial charge in [-0.05, 0) is 31.0 Å². The molecule has 1 saturated heterocycles. The van der Waals surface area contributed by atoms with Crippen LogP contribution in [0.3, 0.4) is 0 Å². The van der Waals surface area contributed by atoms with Crippen LogP contribution in [0.4, 0.5) is 5.82 Å². The second-order valence-electron chi connectivity index (χ2n) is 8.05. The van der Waals surface area contributed by atoms with E-state index < -0.39 is 0 Å². The minimum Gasteiger partial charge on any atom is -0.452 e. The number of aromatic nitrogens is 3.